The van der Waals surface area contributed by atoms with E-state index in [1.165, 1.54) is 12.8 Å². The summed E-state index contributed by atoms with van der Waals surface area (Å²) in [6, 6.07) is 9.87. The van der Waals surface area contributed by atoms with Crippen molar-refractivity contribution in [2.45, 2.75) is 57.4 Å². The van der Waals surface area contributed by atoms with Crippen LogP contribution in [0.4, 0.5) is 0 Å². The third kappa shape index (κ3) is 3.70. The summed E-state index contributed by atoms with van der Waals surface area (Å²) in [6.07, 6.45) is 8.15. The summed E-state index contributed by atoms with van der Waals surface area (Å²) in [4.78, 5) is 21.9. The van der Waals surface area contributed by atoms with E-state index in [9.17, 15) is 4.79 Å². The predicted octanol–water partition coefficient (Wildman–Crippen LogP) is 3.83. The highest BCUT2D eigenvalue weighted by Crippen LogP contribution is 2.34. The number of benzene rings is 1. The van der Waals surface area contributed by atoms with Crippen LogP contribution in [0.3, 0.4) is 0 Å². The minimum atomic E-state index is -0.538. The number of fused-ring (bicyclic) bond motifs is 1. The molecule has 27 heavy (non-hydrogen) atoms. The van der Waals surface area contributed by atoms with E-state index in [4.69, 9.17) is 4.52 Å². The molecule has 0 aliphatic heterocycles. The number of aryl methyl sites for hydroxylation is 1. The number of carbonyl (C=O) groups excluding carboxylic acids is 1. The molecule has 1 saturated carbocycles. The quantitative estimate of drug-likeness (QED) is 0.712. The van der Waals surface area contributed by atoms with Gasteiger partial charge in [-0.05, 0) is 24.5 Å². The van der Waals surface area contributed by atoms with E-state index >= 15 is 0 Å². The van der Waals surface area contributed by atoms with Crippen LogP contribution < -0.4 is 5.32 Å². The highest BCUT2D eigenvalue weighted by molar-refractivity contribution is 5.87. The molecule has 2 heterocycles. The molecular weight excluding hydrogens is 340 g/mol. The van der Waals surface area contributed by atoms with Crippen molar-refractivity contribution >= 4 is 16.8 Å². The minimum absolute atomic E-state index is 0.0301. The summed E-state index contributed by atoms with van der Waals surface area (Å²) in [5.74, 6) is 1.10. The maximum Gasteiger partial charge on any atom is 0.225 e. The zero-order chi connectivity index (χ0) is 18.7. The first-order chi connectivity index (χ1) is 13.2. The van der Waals surface area contributed by atoms with Gasteiger partial charge < -0.3 is 9.84 Å². The van der Waals surface area contributed by atoms with Gasteiger partial charge in [0.2, 0.25) is 11.8 Å². The Morgan fingerprint density at radius 2 is 1.93 bits per heavy atom. The van der Waals surface area contributed by atoms with Crippen molar-refractivity contribution < 1.29 is 9.32 Å². The molecule has 3 aromatic rings. The maximum absolute atomic E-state index is 13.0. The Kier molecular flexibility index (Phi) is 4.88. The molecule has 1 aliphatic rings. The van der Waals surface area contributed by atoms with Crippen molar-refractivity contribution in [2.24, 2.45) is 0 Å². The van der Waals surface area contributed by atoms with Crippen molar-refractivity contribution in [2.75, 3.05) is 0 Å². The van der Waals surface area contributed by atoms with Crippen LogP contribution in [0.15, 0.2) is 41.1 Å². The second kappa shape index (κ2) is 7.47. The third-order valence-corrected chi connectivity index (χ3v) is 5.36. The van der Waals surface area contributed by atoms with Gasteiger partial charge in [0.15, 0.2) is 5.82 Å². The number of nitrogens with zero attached hydrogens (tertiary/aromatic N) is 3. The molecule has 1 aromatic carbocycles. The lowest BCUT2D eigenvalue weighted by atomic mass is 9.88. The Labute approximate surface area is 158 Å². The molecule has 1 N–H and O–H groups in total. The molecule has 0 spiro atoms. The monoisotopic (exact) mass is 364 g/mol. The van der Waals surface area contributed by atoms with E-state index in [1.807, 2.05) is 30.3 Å². The maximum atomic E-state index is 13.0. The van der Waals surface area contributed by atoms with Gasteiger partial charge in [-0.1, -0.05) is 55.1 Å². The summed E-state index contributed by atoms with van der Waals surface area (Å²) < 4.78 is 5.22. The molecule has 6 nitrogen and oxygen atoms in total. The molecule has 0 radical (unpaired) electrons. The molecule has 0 saturated heterocycles. The zero-order valence-electron chi connectivity index (χ0n) is 15.6. The summed E-state index contributed by atoms with van der Waals surface area (Å²) >= 11 is 0. The second-order valence-corrected chi connectivity index (χ2v) is 7.35. The van der Waals surface area contributed by atoms with E-state index in [2.05, 4.69) is 20.4 Å². The molecule has 1 fully saturated rings. The fourth-order valence-corrected chi connectivity index (χ4v) is 4.02. The van der Waals surface area contributed by atoms with Crippen LogP contribution in [-0.4, -0.2) is 21.0 Å². The van der Waals surface area contributed by atoms with Crippen LogP contribution in [0.2, 0.25) is 0 Å². The van der Waals surface area contributed by atoms with E-state index in [0.717, 1.165) is 42.1 Å². The number of amides is 1. The zero-order valence-corrected chi connectivity index (χ0v) is 15.6. The number of nitrogens with one attached hydrogen (secondary N) is 1. The van der Waals surface area contributed by atoms with Gasteiger partial charge in [-0.2, -0.15) is 4.98 Å². The van der Waals surface area contributed by atoms with Crippen LogP contribution in [0.1, 0.15) is 55.8 Å². The molecule has 6 heteroatoms. The van der Waals surface area contributed by atoms with E-state index in [-0.39, 0.29) is 12.3 Å². The summed E-state index contributed by atoms with van der Waals surface area (Å²) in [6.45, 7) is 1.78. The molecular formula is C21H24N4O2. The first-order valence-corrected chi connectivity index (χ1v) is 9.61. The van der Waals surface area contributed by atoms with Gasteiger partial charge in [0.1, 0.15) is 5.54 Å². The molecule has 1 aliphatic carbocycles. The standard InChI is InChI=1S/C21H24N4O2/c1-15-23-20(25-27-15)21(11-4-2-3-5-12-21)24-18(26)14-17-9-6-8-16-10-7-13-22-19(16)17/h6-10,13H,2-5,11-12,14H2,1H3,(H,24,26). The first kappa shape index (κ1) is 17.6. The molecule has 0 bridgehead atoms. The molecule has 4 rings (SSSR count). The average molecular weight is 364 g/mol. The van der Waals surface area contributed by atoms with Crippen LogP contribution in [0.25, 0.3) is 10.9 Å². The number of carbonyl (C=O) groups is 1. The van der Waals surface area contributed by atoms with Crippen molar-refractivity contribution in [1.82, 2.24) is 20.4 Å². The molecule has 0 atom stereocenters. The summed E-state index contributed by atoms with van der Waals surface area (Å²) in [7, 11) is 0. The van der Waals surface area contributed by atoms with Crippen molar-refractivity contribution in [3.63, 3.8) is 0 Å². The van der Waals surface area contributed by atoms with Crippen LogP contribution in [-0.2, 0) is 16.8 Å². The average Bonchev–Trinajstić information content (AvgIpc) is 2.98. The van der Waals surface area contributed by atoms with E-state index < -0.39 is 5.54 Å². The Morgan fingerprint density at radius 1 is 1.15 bits per heavy atom. The van der Waals surface area contributed by atoms with Crippen molar-refractivity contribution in [1.29, 1.82) is 0 Å². The Hall–Kier alpha value is -2.76. The molecule has 2 aromatic heterocycles. The van der Waals surface area contributed by atoms with Crippen molar-refractivity contribution in [3.05, 3.63) is 53.8 Å². The van der Waals surface area contributed by atoms with Gasteiger partial charge in [-0.3, -0.25) is 9.78 Å². The normalized spacial score (nSPS) is 16.8. The van der Waals surface area contributed by atoms with Gasteiger partial charge in [0.25, 0.3) is 0 Å². The Morgan fingerprint density at radius 3 is 2.67 bits per heavy atom. The number of hydrogen-bond donors (Lipinski definition) is 1. The van der Waals surface area contributed by atoms with Gasteiger partial charge in [0, 0.05) is 18.5 Å². The summed E-state index contributed by atoms with van der Waals surface area (Å²) in [5.41, 5.74) is 1.27. The number of pyridine rings is 1. The fourth-order valence-electron chi connectivity index (χ4n) is 4.02. The smallest absolute Gasteiger partial charge is 0.225 e. The number of aromatic nitrogens is 3. The van der Waals surface area contributed by atoms with E-state index in [0.29, 0.717) is 11.7 Å². The highest BCUT2D eigenvalue weighted by Gasteiger charge is 2.38. The lowest BCUT2D eigenvalue weighted by Gasteiger charge is -2.30. The van der Waals surface area contributed by atoms with Crippen LogP contribution in [0, 0.1) is 6.92 Å². The van der Waals surface area contributed by atoms with Gasteiger partial charge >= 0.3 is 0 Å². The predicted molar refractivity (Wildman–Crippen MR) is 102 cm³/mol. The minimum Gasteiger partial charge on any atom is -0.343 e. The number of para-hydroxylation sites is 1. The largest absolute Gasteiger partial charge is 0.343 e. The van der Waals surface area contributed by atoms with Crippen molar-refractivity contribution in [3.8, 4) is 0 Å². The lowest BCUT2D eigenvalue weighted by molar-refractivity contribution is -0.122. The summed E-state index contributed by atoms with van der Waals surface area (Å²) in [5, 5.41) is 8.46. The van der Waals surface area contributed by atoms with Gasteiger partial charge in [-0.15, -0.1) is 0 Å². The molecule has 0 unspecified atom stereocenters. The highest BCUT2D eigenvalue weighted by atomic mass is 16.5. The molecule has 140 valence electrons. The Bertz CT molecular complexity index is 937. The molecule has 1 amide bonds. The fraction of sp³-hybridized carbons (Fsp3) is 0.429. The second-order valence-electron chi connectivity index (χ2n) is 7.35. The lowest BCUT2D eigenvalue weighted by Crippen LogP contribution is -2.47. The number of hydrogen-bond acceptors (Lipinski definition) is 5. The third-order valence-electron chi connectivity index (χ3n) is 5.36. The van der Waals surface area contributed by atoms with Crippen LogP contribution >= 0.6 is 0 Å². The van der Waals surface area contributed by atoms with Crippen LogP contribution in [0.5, 0.6) is 0 Å². The van der Waals surface area contributed by atoms with E-state index in [1.54, 1.807) is 13.1 Å². The van der Waals surface area contributed by atoms with Gasteiger partial charge in [0.05, 0.1) is 11.9 Å². The number of rotatable bonds is 4. The van der Waals surface area contributed by atoms with Gasteiger partial charge in [-0.25, -0.2) is 0 Å². The SMILES string of the molecule is Cc1nc(C2(NC(=O)Cc3cccc4cccnc34)CCCCCC2)no1. The first-order valence-electron chi connectivity index (χ1n) is 9.61. The Balaban J connectivity index is 1.60. The topological polar surface area (TPSA) is 80.9 Å².